The van der Waals surface area contributed by atoms with Gasteiger partial charge < -0.3 is 10.2 Å². The van der Waals surface area contributed by atoms with E-state index in [1.807, 2.05) is 6.20 Å². The van der Waals surface area contributed by atoms with Crippen LogP contribution >= 0.6 is 0 Å². The lowest BCUT2D eigenvalue weighted by atomic mass is 10.0. The predicted octanol–water partition coefficient (Wildman–Crippen LogP) is 0.630. The van der Waals surface area contributed by atoms with Gasteiger partial charge in [-0.3, -0.25) is 4.98 Å². The number of anilines is 1. The number of aromatic nitrogens is 5. The molecule has 1 N–H and O–H groups in total. The highest BCUT2D eigenvalue weighted by Crippen LogP contribution is 2.25. The van der Waals surface area contributed by atoms with E-state index in [-0.39, 0.29) is 0 Å². The van der Waals surface area contributed by atoms with Crippen LogP contribution in [0.3, 0.4) is 0 Å². The van der Waals surface area contributed by atoms with Crippen LogP contribution in [-0.4, -0.2) is 50.2 Å². The first-order chi connectivity index (χ1) is 9.92. The minimum atomic E-state index is 0.515. The molecule has 7 heteroatoms. The van der Waals surface area contributed by atoms with E-state index in [2.05, 4.69) is 30.7 Å². The molecule has 106 valence electrons. The van der Waals surface area contributed by atoms with Crippen LogP contribution in [0.2, 0.25) is 0 Å². The zero-order valence-electron chi connectivity index (χ0n) is 11.4. The molecule has 1 aliphatic carbocycles. The van der Waals surface area contributed by atoms with Gasteiger partial charge in [0.25, 0.3) is 0 Å². The van der Waals surface area contributed by atoms with Gasteiger partial charge in [-0.2, -0.15) is 4.52 Å². The van der Waals surface area contributed by atoms with E-state index in [4.69, 9.17) is 0 Å². The van der Waals surface area contributed by atoms with Crippen molar-refractivity contribution in [2.45, 2.75) is 44.2 Å². The third kappa shape index (κ3) is 2.22. The number of fused-ring (bicyclic) bond motifs is 1. The molecule has 0 bridgehead atoms. The first-order valence-electron chi connectivity index (χ1n) is 7.44. The minimum Gasteiger partial charge on any atom is -0.351 e. The lowest BCUT2D eigenvalue weighted by Gasteiger charge is -2.37. The molecule has 0 spiro atoms. The summed E-state index contributed by atoms with van der Waals surface area (Å²) in [4.78, 5) is 6.69. The fourth-order valence-corrected chi connectivity index (χ4v) is 2.96. The molecule has 7 nitrogen and oxygen atoms in total. The van der Waals surface area contributed by atoms with E-state index in [0.717, 1.165) is 24.9 Å². The molecule has 1 unspecified atom stereocenters. The fraction of sp³-hybridized carbons (Fsp3) is 0.692. The molecule has 0 radical (unpaired) electrons. The average molecular weight is 273 g/mol. The number of piperidine rings is 1. The summed E-state index contributed by atoms with van der Waals surface area (Å²) < 4.78 is 1.79. The average Bonchev–Trinajstić information content (AvgIpc) is 3.20. The second-order valence-electron chi connectivity index (χ2n) is 5.74. The first-order valence-corrected chi connectivity index (χ1v) is 7.44. The van der Waals surface area contributed by atoms with Gasteiger partial charge in [0.1, 0.15) is 0 Å². The zero-order chi connectivity index (χ0) is 13.4. The van der Waals surface area contributed by atoms with Gasteiger partial charge in [0.05, 0.1) is 12.4 Å². The van der Waals surface area contributed by atoms with Crippen LogP contribution in [0.4, 0.5) is 5.82 Å². The Balaban J connectivity index is 1.61. The van der Waals surface area contributed by atoms with E-state index in [1.165, 1.54) is 32.1 Å². The van der Waals surface area contributed by atoms with Crippen molar-refractivity contribution in [3.63, 3.8) is 0 Å². The zero-order valence-corrected chi connectivity index (χ0v) is 11.4. The molecule has 2 fully saturated rings. The van der Waals surface area contributed by atoms with E-state index in [9.17, 15) is 0 Å². The van der Waals surface area contributed by atoms with Crippen LogP contribution in [0.5, 0.6) is 0 Å². The van der Waals surface area contributed by atoms with Crippen molar-refractivity contribution in [1.82, 2.24) is 30.3 Å². The Morgan fingerprint density at radius 2 is 2.15 bits per heavy atom. The summed E-state index contributed by atoms with van der Waals surface area (Å²) in [6, 6.07) is 1.27. The third-order valence-corrected chi connectivity index (χ3v) is 4.23. The van der Waals surface area contributed by atoms with E-state index in [1.54, 1.807) is 10.7 Å². The second-order valence-corrected chi connectivity index (χ2v) is 5.74. The molecule has 0 aromatic carbocycles. The normalized spacial score (nSPS) is 23.4. The summed E-state index contributed by atoms with van der Waals surface area (Å²) in [5.74, 6) is 1.01. The van der Waals surface area contributed by atoms with Gasteiger partial charge in [0, 0.05) is 25.2 Å². The molecule has 2 aromatic heterocycles. The molecular weight excluding hydrogens is 254 g/mol. The van der Waals surface area contributed by atoms with E-state index in [0.29, 0.717) is 11.7 Å². The highest BCUT2D eigenvalue weighted by Gasteiger charge is 2.28. The molecule has 2 aromatic rings. The van der Waals surface area contributed by atoms with Crippen LogP contribution in [0.15, 0.2) is 12.4 Å². The number of nitrogens with one attached hydrogen (secondary N) is 1. The Hall–Kier alpha value is -1.76. The SMILES string of the molecule is c1ncc2nnnn2c1N1CCCCC1CNC1CC1. The number of hydrogen-bond donors (Lipinski definition) is 1. The smallest absolute Gasteiger partial charge is 0.199 e. The van der Waals surface area contributed by atoms with Crippen molar-refractivity contribution in [1.29, 1.82) is 0 Å². The Kier molecular flexibility index (Phi) is 2.99. The van der Waals surface area contributed by atoms with Gasteiger partial charge in [-0.05, 0) is 42.5 Å². The summed E-state index contributed by atoms with van der Waals surface area (Å²) >= 11 is 0. The number of nitrogens with zero attached hydrogens (tertiary/aromatic N) is 6. The monoisotopic (exact) mass is 273 g/mol. The molecular formula is C13H19N7. The number of hydrogen-bond acceptors (Lipinski definition) is 6. The topological polar surface area (TPSA) is 71.2 Å². The molecule has 1 atom stereocenters. The Labute approximate surface area is 117 Å². The maximum Gasteiger partial charge on any atom is 0.199 e. The third-order valence-electron chi connectivity index (χ3n) is 4.23. The van der Waals surface area contributed by atoms with E-state index >= 15 is 0 Å². The molecule has 2 aliphatic rings. The Morgan fingerprint density at radius 1 is 1.20 bits per heavy atom. The van der Waals surface area contributed by atoms with Crippen LogP contribution < -0.4 is 10.2 Å². The van der Waals surface area contributed by atoms with Crippen molar-refractivity contribution in [2.75, 3.05) is 18.0 Å². The number of rotatable bonds is 4. The molecule has 0 amide bonds. The largest absolute Gasteiger partial charge is 0.351 e. The predicted molar refractivity (Wildman–Crippen MR) is 74.6 cm³/mol. The molecule has 1 aliphatic heterocycles. The maximum absolute atomic E-state index is 4.28. The maximum atomic E-state index is 4.28. The summed E-state index contributed by atoms with van der Waals surface area (Å²) in [5.41, 5.74) is 0.710. The van der Waals surface area contributed by atoms with Crippen molar-refractivity contribution < 1.29 is 0 Å². The molecule has 20 heavy (non-hydrogen) atoms. The highest BCUT2D eigenvalue weighted by molar-refractivity contribution is 5.47. The van der Waals surface area contributed by atoms with Crippen molar-refractivity contribution in [2.24, 2.45) is 0 Å². The summed E-state index contributed by atoms with van der Waals surface area (Å²) in [5, 5.41) is 15.5. The Bertz CT molecular complexity index is 591. The standard InChI is InChI=1S/C13H19N7/c1-2-6-19(11(3-1)7-15-10-4-5-10)13-9-14-8-12-16-17-18-20(12)13/h8-11,15H,1-7H2. The fourth-order valence-electron chi connectivity index (χ4n) is 2.96. The van der Waals surface area contributed by atoms with Crippen LogP contribution in [0.1, 0.15) is 32.1 Å². The summed E-state index contributed by atoms with van der Waals surface area (Å²) in [7, 11) is 0. The molecule has 1 saturated heterocycles. The van der Waals surface area contributed by atoms with Gasteiger partial charge in [-0.25, -0.2) is 0 Å². The van der Waals surface area contributed by atoms with Gasteiger partial charge in [0.2, 0.25) is 0 Å². The minimum absolute atomic E-state index is 0.515. The van der Waals surface area contributed by atoms with Crippen molar-refractivity contribution in [3.05, 3.63) is 12.4 Å². The highest BCUT2D eigenvalue weighted by atomic mass is 15.5. The van der Waals surface area contributed by atoms with Crippen molar-refractivity contribution in [3.8, 4) is 0 Å². The van der Waals surface area contributed by atoms with Crippen molar-refractivity contribution >= 4 is 11.5 Å². The molecule has 4 rings (SSSR count). The molecule has 1 saturated carbocycles. The second kappa shape index (κ2) is 4.97. The summed E-state index contributed by atoms with van der Waals surface area (Å²) in [6.45, 7) is 2.10. The molecule has 3 heterocycles. The van der Waals surface area contributed by atoms with Crippen LogP contribution in [0.25, 0.3) is 5.65 Å². The first kappa shape index (κ1) is 12.0. The van der Waals surface area contributed by atoms with Gasteiger partial charge in [0.15, 0.2) is 11.5 Å². The van der Waals surface area contributed by atoms with Gasteiger partial charge in [-0.1, -0.05) is 0 Å². The van der Waals surface area contributed by atoms with Crippen LogP contribution in [0, 0.1) is 0 Å². The quantitative estimate of drug-likeness (QED) is 0.881. The number of tetrazole rings is 1. The van der Waals surface area contributed by atoms with Gasteiger partial charge >= 0.3 is 0 Å². The van der Waals surface area contributed by atoms with Crippen LogP contribution in [-0.2, 0) is 0 Å². The lowest BCUT2D eigenvalue weighted by molar-refractivity contribution is 0.428. The lowest BCUT2D eigenvalue weighted by Crippen LogP contribution is -2.47. The van der Waals surface area contributed by atoms with Gasteiger partial charge in [-0.15, -0.1) is 5.10 Å². The Morgan fingerprint density at radius 3 is 3.05 bits per heavy atom. The summed E-state index contributed by atoms with van der Waals surface area (Å²) in [6.07, 6.45) is 9.97. The van der Waals surface area contributed by atoms with E-state index < -0.39 is 0 Å².